The average Bonchev–Trinajstić information content (AvgIpc) is 2.75. The van der Waals surface area contributed by atoms with Crippen molar-refractivity contribution >= 4 is 0 Å². The lowest BCUT2D eigenvalue weighted by Gasteiger charge is -2.27. The number of ether oxygens (including phenoxy) is 1. The Kier molecular flexibility index (Phi) is 2.47. The van der Waals surface area contributed by atoms with Gasteiger partial charge in [0.15, 0.2) is 0 Å². The molecular formula is C15H22O. The van der Waals surface area contributed by atoms with Crippen LogP contribution in [0, 0.1) is 23.7 Å². The Balaban J connectivity index is 1.94. The van der Waals surface area contributed by atoms with E-state index in [2.05, 4.69) is 20.1 Å². The molecule has 0 aromatic heterocycles. The zero-order valence-corrected chi connectivity index (χ0v) is 10.2. The summed E-state index contributed by atoms with van der Waals surface area (Å²) >= 11 is 0. The summed E-state index contributed by atoms with van der Waals surface area (Å²) in [5.41, 5.74) is 2.89. The van der Waals surface area contributed by atoms with E-state index in [4.69, 9.17) is 4.74 Å². The van der Waals surface area contributed by atoms with Gasteiger partial charge in [0.05, 0.1) is 6.10 Å². The van der Waals surface area contributed by atoms with Crippen LogP contribution in [0.3, 0.4) is 0 Å². The highest BCUT2D eigenvalue weighted by Crippen LogP contribution is 2.51. The first-order valence-corrected chi connectivity index (χ1v) is 6.65. The molecule has 0 unspecified atom stereocenters. The minimum atomic E-state index is 0.453. The number of fused-ring (bicyclic) bond motifs is 3. The van der Waals surface area contributed by atoms with E-state index in [0.717, 1.165) is 18.4 Å². The molecule has 3 fully saturated rings. The lowest BCUT2D eigenvalue weighted by atomic mass is 9.80. The molecule has 2 saturated carbocycles. The van der Waals surface area contributed by atoms with Crippen LogP contribution in [-0.4, -0.2) is 12.7 Å². The van der Waals surface area contributed by atoms with Crippen LogP contribution >= 0.6 is 0 Å². The molecule has 0 radical (unpaired) electrons. The highest BCUT2D eigenvalue weighted by molar-refractivity contribution is 5.23. The van der Waals surface area contributed by atoms with E-state index < -0.39 is 0 Å². The molecule has 5 atom stereocenters. The first-order chi connectivity index (χ1) is 7.68. The third-order valence-corrected chi connectivity index (χ3v) is 5.06. The fraction of sp³-hybridized carbons (Fsp3) is 0.733. The summed E-state index contributed by atoms with van der Waals surface area (Å²) in [7, 11) is 0. The first kappa shape index (κ1) is 10.6. The third-order valence-electron chi connectivity index (χ3n) is 5.06. The van der Waals surface area contributed by atoms with Crippen molar-refractivity contribution in [3.05, 3.63) is 24.3 Å². The van der Waals surface area contributed by atoms with E-state index in [1.165, 1.54) is 36.8 Å². The van der Waals surface area contributed by atoms with E-state index in [9.17, 15) is 0 Å². The largest absolute Gasteiger partial charge is 0.377 e. The maximum Gasteiger partial charge on any atom is 0.0677 e. The molecule has 0 aromatic carbocycles. The zero-order valence-electron chi connectivity index (χ0n) is 10.2. The molecule has 1 heteroatoms. The lowest BCUT2D eigenvalue weighted by Crippen LogP contribution is -2.29. The molecule has 0 aromatic rings. The zero-order chi connectivity index (χ0) is 11.3. The summed E-state index contributed by atoms with van der Waals surface area (Å²) in [6.07, 6.45) is 5.40. The average molecular weight is 218 g/mol. The number of allylic oxidation sites excluding steroid dienone is 1. The Labute approximate surface area is 98.6 Å². The van der Waals surface area contributed by atoms with Crippen molar-refractivity contribution in [1.82, 2.24) is 0 Å². The Bertz CT molecular complexity index is 330. The first-order valence-electron chi connectivity index (χ1n) is 6.65. The normalized spacial score (nSPS) is 47.7. The molecule has 0 N–H and O–H groups in total. The van der Waals surface area contributed by atoms with Crippen molar-refractivity contribution in [2.45, 2.75) is 38.7 Å². The van der Waals surface area contributed by atoms with Crippen LogP contribution < -0.4 is 0 Å². The molecule has 3 rings (SSSR count). The predicted octanol–water partition coefficient (Wildman–Crippen LogP) is 3.57. The topological polar surface area (TPSA) is 9.23 Å². The summed E-state index contributed by atoms with van der Waals surface area (Å²) in [5, 5.41) is 0. The van der Waals surface area contributed by atoms with Gasteiger partial charge in [-0.05, 0) is 43.4 Å². The molecule has 2 aliphatic carbocycles. The summed E-state index contributed by atoms with van der Waals surface area (Å²) in [4.78, 5) is 0. The van der Waals surface area contributed by atoms with E-state index in [1.54, 1.807) is 0 Å². The number of rotatable bonds is 0. The summed E-state index contributed by atoms with van der Waals surface area (Å²) in [6.45, 7) is 11.9. The van der Waals surface area contributed by atoms with Crippen molar-refractivity contribution in [3.63, 3.8) is 0 Å². The van der Waals surface area contributed by atoms with Gasteiger partial charge in [-0.3, -0.25) is 0 Å². The van der Waals surface area contributed by atoms with E-state index in [0.29, 0.717) is 17.9 Å². The van der Waals surface area contributed by atoms with Gasteiger partial charge in [-0.15, -0.1) is 0 Å². The van der Waals surface area contributed by atoms with E-state index in [1.807, 2.05) is 0 Å². The van der Waals surface area contributed by atoms with Crippen LogP contribution in [0.15, 0.2) is 24.3 Å². The number of hydrogen-bond acceptors (Lipinski definition) is 1. The Morgan fingerprint density at radius 2 is 1.88 bits per heavy atom. The van der Waals surface area contributed by atoms with Crippen molar-refractivity contribution in [2.24, 2.45) is 23.7 Å². The minimum Gasteiger partial charge on any atom is -0.377 e. The molecule has 3 aliphatic rings. The van der Waals surface area contributed by atoms with E-state index >= 15 is 0 Å². The molecule has 16 heavy (non-hydrogen) atoms. The van der Waals surface area contributed by atoms with Gasteiger partial charge in [-0.25, -0.2) is 0 Å². The number of hydrogen-bond donors (Lipinski definition) is 0. The fourth-order valence-electron chi connectivity index (χ4n) is 4.08. The van der Waals surface area contributed by atoms with Crippen LogP contribution in [0.2, 0.25) is 0 Å². The van der Waals surface area contributed by atoms with Gasteiger partial charge in [-0.2, -0.15) is 0 Å². The molecule has 0 bridgehead atoms. The van der Waals surface area contributed by atoms with Crippen LogP contribution in [0.1, 0.15) is 32.6 Å². The second-order valence-electron chi connectivity index (χ2n) is 5.97. The monoisotopic (exact) mass is 218 g/mol. The summed E-state index contributed by atoms with van der Waals surface area (Å²) in [6, 6.07) is 0. The lowest BCUT2D eigenvalue weighted by molar-refractivity contribution is 0.0487. The maximum atomic E-state index is 6.08. The standard InChI is InChI=1S/C15H22O/c1-9-4-7-13-11(3)8-16-15(13)14-10(2)5-6-12(9)14/h11-15H,1-2,4-8H2,3H3/t11-,12+,13+,14+,15+/m1/s1. The maximum absolute atomic E-state index is 6.08. The predicted molar refractivity (Wildman–Crippen MR) is 66.1 cm³/mol. The van der Waals surface area contributed by atoms with Crippen LogP contribution in [-0.2, 0) is 4.74 Å². The van der Waals surface area contributed by atoms with Crippen LogP contribution in [0.4, 0.5) is 0 Å². The van der Waals surface area contributed by atoms with Crippen molar-refractivity contribution in [1.29, 1.82) is 0 Å². The van der Waals surface area contributed by atoms with Gasteiger partial charge < -0.3 is 4.74 Å². The quantitative estimate of drug-likeness (QED) is 0.565. The second-order valence-corrected chi connectivity index (χ2v) is 5.97. The van der Waals surface area contributed by atoms with Crippen LogP contribution in [0.5, 0.6) is 0 Å². The highest BCUT2D eigenvalue weighted by atomic mass is 16.5. The molecule has 88 valence electrons. The molecule has 0 amide bonds. The van der Waals surface area contributed by atoms with Gasteiger partial charge in [0.1, 0.15) is 0 Å². The van der Waals surface area contributed by atoms with Crippen LogP contribution in [0.25, 0.3) is 0 Å². The fourth-order valence-corrected chi connectivity index (χ4v) is 4.08. The Morgan fingerprint density at radius 3 is 2.69 bits per heavy atom. The second kappa shape index (κ2) is 3.73. The SMILES string of the molecule is C=C1CC[C@H]2C(=C)CC[C@@H]3[C@H](OC[C@H]3C)[C@@H]12. The Hall–Kier alpha value is -0.560. The van der Waals surface area contributed by atoms with Crippen molar-refractivity contribution in [2.75, 3.05) is 6.61 Å². The highest BCUT2D eigenvalue weighted by Gasteiger charge is 2.47. The van der Waals surface area contributed by atoms with Gasteiger partial charge in [0.25, 0.3) is 0 Å². The summed E-state index contributed by atoms with van der Waals surface area (Å²) < 4.78 is 6.08. The van der Waals surface area contributed by atoms with Gasteiger partial charge in [0.2, 0.25) is 0 Å². The minimum absolute atomic E-state index is 0.453. The molecule has 1 saturated heterocycles. The van der Waals surface area contributed by atoms with Gasteiger partial charge in [0, 0.05) is 12.5 Å². The van der Waals surface area contributed by atoms with Crippen molar-refractivity contribution < 1.29 is 4.74 Å². The van der Waals surface area contributed by atoms with Gasteiger partial charge >= 0.3 is 0 Å². The Morgan fingerprint density at radius 1 is 1.12 bits per heavy atom. The smallest absolute Gasteiger partial charge is 0.0677 e. The molecule has 1 heterocycles. The molecule has 1 aliphatic heterocycles. The summed E-state index contributed by atoms with van der Waals surface area (Å²) in [5.74, 6) is 2.74. The molecular weight excluding hydrogens is 196 g/mol. The third kappa shape index (κ3) is 1.41. The molecule has 0 spiro atoms. The van der Waals surface area contributed by atoms with E-state index in [-0.39, 0.29) is 0 Å². The molecule has 1 nitrogen and oxygen atoms in total. The van der Waals surface area contributed by atoms with Gasteiger partial charge in [-0.1, -0.05) is 31.2 Å². The van der Waals surface area contributed by atoms with Crippen molar-refractivity contribution in [3.8, 4) is 0 Å².